The van der Waals surface area contributed by atoms with Gasteiger partial charge in [0.2, 0.25) is 0 Å². The van der Waals surface area contributed by atoms with Crippen LogP contribution in [0.1, 0.15) is 6.42 Å². The fourth-order valence-electron chi connectivity index (χ4n) is 0.535. The van der Waals surface area contributed by atoms with Crippen LogP contribution in [0.2, 0.25) is 19.3 Å². The second kappa shape index (κ2) is 3.54. The predicted octanol–water partition coefficient (Wildman–Crippen LogP) is 2.90. The molecule has 0 spiro atoms. The van der Waals surface area contributed by atoms with Crippen molar-refractivity contribution in [2.24, 2.45) is 0 Å². The molecular formula is C7H16Sn. The topological polar surface area (TPSA) is 0 Å². The zero-order valence-electron chi connectivity index (χ0n) is 6.20. The van der Waals surface area contributed by atoms with Crippen molar-refractivity contribution in [3.63, 3.8) is 0 Å². The normalized spacial score (nSPS) is 11.4. The van der Waals surface area contributed by atoms with E-state index in [2.05, 4.69) is 21.4 Å². The Kier molecular flexibility index (Phi) is 3.78. The first kappa shape index (κ1) is 8.54. The van der Waals surface area contributed by atoms with Crippen LogP contribution in [0.3, 0.4) is 0 Å². The van der Waals surface area contributed by atoms with E-state index < -0.39 is 18.4 Å². The monoisotopic (exact) mass is 220 g/mol. The molecule has 0 fully saturated rings. The van der Waals surface area contributed by atoms with Crippen LogP contribution < -0.4 is 0 Å². The predicted molar refractivity (Wildman–Crippen MR) is 43.0 cm³/mol. The molecule has 0 heterocycles. The molecule has 0 nitrogen and oxygen atoms in total. The van der Waals surface area contributed by atoms with Crippen molar-refractivity contribution in [1.29, 1.82) is 0 Å². The molecular weight excluding hydrogens is 203 g/mol. The summed E-state index contributed by atoms with van der Waals surface area (Å²) in [6.45, 7) is 3.70. The van der Waals surface area contributed by atoms with Gasteiger partial charge in [-0.1, -0.05) is 0 Å². The molecule has 0 aliphatic rings. The van der Waals surface area contributed by atoms with E-state index >= 15 is 0 Å². The minimum atomic E-state index is -1.38. The van der Waals surface area contributed by atoms with Crippen LogP contribution in [-0.4, -0.2) is 18.4 Å². The van der Waals surface area contributed by atoms with Crippen molar-refractivity contribution in [3.8, 4) is 0 Å². The van der Waals surface area contributed by atoms with Gasteiger partial charge in [-0.2, -0.15) is 0 Å². The Morgan fingerprint density at radius 3 is 2.00 bits per heavy atom. The Balaban J connectivity index is 3.24. The molecule has 0 saturated carbocycles. The van der Waals surface area contributed by atoms with Crippen LogP contribution in [0.4, 0.5) is 0 Å². The van der Waals surface area contributed by atoms with Gasteiger partial charge in [-0.25, -0.2) is 0 Å². The molecule has 0 aliphatic heterocycles. The van der Waals surface area contributed by atoms with E-state index in [1.807, 2.05) is 6.08 Å². The summed E-state index contributed by atoms with van der Waals surface area (Å²) in [6.07, 6.45) is 3.27. The molecule has 0 N–H and O–H groups in total. The molecule has 1 heteroatoms. The number of allylic oxidation sites excluding steroid dienone is 1. The third-order valence-corrected chi connectivity index (χ3v) is 6.20. The molecule has 0 aromatic rings. The molecule has 8 heavy (non-hydrogen) atoms. The Morgan fingerprint density at radius 1 is 1.38 bits per heavy atom. The van der Waals surface area contributed by atoms with Gasteiger partial charge >= 0.3 is 56.7 Å². The second-order valence-corrected chi connectivity index (χ2v) is 19.4. The third kappa shape index (κ3) is 6.54. The summed E-state index contributed by atoms with van der Waals surface area (Å²) in [4.78, 5) is 7.37. The molecule has 0 unspecified atom stereocenters. The van der Waals surface area contributed by atoms with Gasteiger partial charge in [-0.3, -0.25) is 0 Å². The van der Waals surface area contributed by atoms with Crippen molar-refractivity contribution in [1.82, 2.24) is 0 Å². The van der Waals surface area contributed by atoms with Crippen LogP contribution in [0.25, 0.3) is 0 Å². The van der Waals surface area contributed by atoms with Crippen molar-refractivity contribution >= 4 is 18.4 Å². The van der Waals surface area contributed by atoms with Crippen molar-refractivity contribution in [3.05, 3.63) is 12.7 Å². The van der Waals surface area contributed by atoms with Gasteiger partial charge < -0.3 is 0 Å². The van der Waals surface area contributed by atoms with Crippen molar-refractivity contribution in [2.75, 3.05) is 0 Å². The number of rotatable bonds is 3. The van der Waals surface area contributed by atoms with Crippen LogP contribution in [0, 0.1) is 0 Å². The van der Waals surface area contributed by atoms with E-state index in [1.165, 1.54) is 10.9 Å². The average molecular weight is 219 g/mol. The summed E-state index contributed by atoms with van der Waals surface area (Å²) < 4.78 is 1.46. The van der Waals surface area contributed by atoms with E-state index in [4.69, 9.17) is 0 Å². The molecule has 0 bridgehead atoms. The van der Waals surface area contributed by atoms with E-state index in [-0.39, 0.29) is 0 Å². The zero-order chi connectivity index (χ0) is 6.62. The SMILES string of the molecule is C=CC[CH2][Sn]([CH3])([CH3])[CH3]. The molecule has 0 saturated heterocycles. The van der Waals surface area contributed by atoms with Gasteiger partial charge in [0.1, 0.15) is 0 Å². The molecule has 0 aromatic carbocycles. The average Bonchev–Trinajstić information content (AvgIpc) is 1.59. The van der Waals surface area contributed by atoms with Gasteiger partial charge in [0.15, 0.2) is 0 Å². The fraction of sp³-hybridized carbons (Fsp3) is 0.714. The molecule has 0 aliphatic carbocycles. The number of hydrogen-bond acceptors (Lipinski definition) is 0. The molecule has 0 rings (SSSR count). The molecule has 0 atom stereocenters. The Bertz CT molecular complexity index is 68.9. The quantitative estimate of drug-likeness (QED) is 0.505. The van der Waals surface area contributed by atoms with Crippen LogP contribution in [0.5, 0.6) is 0 Å². The fourth-order valence-corrected chi connectivity index (χ4v) is 3.59. The van der Waals surface area contributed by atoms with E-state index in [0.29, 0.717) is 0 Å². The number of hydrogen-bond donors (Lipinski definition) is 0. The van der Waals surface area contributed by atoms with Gasteiger partial charge in [0.25, 0.3) is 0 Å². The van der Waals surface area contributed by atoms with Gasteiger partial charge in [0, 0.05) is 0 Å². The molecule has 0 radical (unpaired) electrons. The van der Waals surface area contributed by atoms with Crippen LogP contribution in [0.15, 0.2) is 12.7 Å². The van der Waals surface area contributed by atoms with Crippen molar-refractivity contribution < 1.29 is 0 Å². The second-order valence-electron chi connectivity index (χ2n) is 3.39. The first-order valence-corrected chi connectivity index (χ1v) is 13.8. The Morgan fingerprint density at radius 2 is 1.88 bits per heavy atom. The zero-order valence-corrected chi connectivity index (χ0v) is 9.05. The standard InChI is InChI=1S/C4H7.3CH3.Sn/c1-3-4-2;;;;/h3H,1-2,4H2;3*1H3;. The van der Waals surface area contributed by atoms with E-state index in [9.17, 15) is 0 Å². The minimum absolute atomic E-state index is 1.24. The maximum absolute atomic E-state index is 3.70. The Labute approximate surface area is 56.9 Å². The van der Waals surface area contributed by atoms with E-state index in [1.54, 1.807) is 0 Å². The summed E-state index contributed by atoms with van der Waals surface area (Å²) >= 11 is -1.38. The summed E-state index contributed by atoms with van der Waals surface area (Å²) in [7, 11) is 0. The summed E-state index contributed by atoms with van der Waals surface area (Å²) in [5.41, 5.74) is 0. The van der Waals surface area contributed by atoms with Gasteiger partial charge in [-0.05, 0) is 0 Å². The van der Waals surface area contributed by atoms with Crippen molar-refractivity contribution in [2.45, 2.75) is 25.7 Å². The Hall–Kier alpha value is 0.539. The molecule has 0 amide bonds. The summed E-state index contributed by atoms with van der Waals surface area (Å²) in [6, 6.07) is 0. The molecule has 0 aromatic heterocycles. The van der Waals surface area contributed by atoms with Gasteiger partial charge in [-0.15, -0.1) is 0 Å². The van der Waals surface area contributed by atoms with Crippen LogP contribution >= 0.6 is 0 Å². The third-order valence-electron chi connectivity index (χ3n) is 1.10. The first-order chi connectivity index (χ1) is 3.56. The van der Waals surface area contributed by atoms with E-state index in [0.717, 1.165) is 0 Å². The molecule has 48 valence electrons. The van der Waals surface area contributed by atoms with Crippen LogP contribution in [-0.2, 0) is 0 Å². The summed E-state index contributed by atoms with van der Waals surface area (Å²) in [5.74, 6) is 0. The summed E-state index contributed by atoms with van der Waals surface area (Å²) in [5, 5.41) is 0. The first-order valence-electron chi connectivity index (χ1n) is 3.17. The maximum atomic E-state index is 3.70. The van der Waals surface area contributed by atoms with Gasteiger partial charge in [0.05, 0.1) is 0 Å².